The van der Waals surface area contributed by atoms with Crippen LogP contribution in [0.1, 0.15) is 24.9 Å². The Bertz CT molecular complexity index is 1210. The summed E-state index contributed by atoms with van der Waals surface area (Å²) in [6, 6.07) is 16.8. The first-order valence-electron chi connectivity index (χ1n) is 10.0. The van der Waals surface area contributed by atoms with Gasteiger partial charge in [-0.1, -0.05) is 36.4 Å². The van der Waals surface area contributed by atoms with Crippen LogP contribution in [0.3, 0.4) is 0 Å². The summed E-state index contributed by atoms with van der Waals surface area (Å²) >= 11 is 0. The number of hydrogen-bond donors (Lipinski definition) is 2. The summed E-state index contributed by atoms with van der Waals surface area (Å²) in [4.78, 5) is 12.9. The van der Waals surface area contributed by atoms with Gasteiger partial charge in [0.2, 0.25) is 15.9 Å². The minimum absolute atomic E-state index is 0.00328. The van der Waals surface area contributed by atoms with Crippen LogP contribution in [0.25, 0.3) is 10.8 Å². The smallest absolute Gasteiger partial charge is 0.243 e. The minimum atomic E-state index is -4.07. The van der Waals surface area contributed by atoms with Crippen molar-refractivity contribution in [2.24, 2.45) is 0 Å². The third-order valence-electron chi connectivity index (χ3n) is 5.59. The summed E-state index contributed by atoms with van der Waals surface area (Å²) in [7, 11) is -4.07. The number of carbonyl (C=O) groups is 1. The summed E-state index contributed by atoms with van der Waals surface area (Å²) < 4.78 is 40.2. The van der Waals surface area contributed by atoms with E-state index < -0.39 is 33.9 Å². The van der Waals surface area contributed by atoms with Crippen molar-refractivity contribution in [1.82, 2.24) is 9.62 Å². The molecule has 0 aromatic heterocycles. The fourth-order valence-corrected chi connectivity index (χ4v) is 5.54. The highest BCUT2D eigenvalue weighted by Gasteiger charge is 2.43. The zero-order valence-electron chi connectivity index (χ0n) is 16.9. The van der Waals surface area contributed by atoms with Crippen molar-refractivity contribution in [2.75, 3.05) is 6.54 Å². The predicted molar refractivity (Wildman–Crippen MR) is 115 cm³/mol. The zero-order valence-corrected chi connectivity index (χ0v) is 17.7. The summed E-state index contributed by atoms with van der Waals surface area (Å²) in [6.45, 7) is 1.63. The number of amides is 1. The van der Waals surface area contributed by atoms with Gasteiger partial charge in [0.1, 0.15) is 11.9 Å². The second kappa shape index (κ2) is 8.37. The Balaban J connectivity index is 1.55. The fraction of sp³-hybridized carbons (Fsp3) is 0.261. The third-order valence-corrected chi connectivity index (χ3v) is 7.48. The number of carbonyl (C=O) groups excluding carboxylic acids is 1. The highest BCUT2D eigenvalue weighted by molar-refractivity contribution is 7.89. The Morgan fingerprint density at radius 3 is 2.48 bits per heavy atom. The van der Waals surface area contributed by atoms with Gasteiger partial charge in [-0.15, -0.1) is 0 Å². The monoisotopic (exact) mass is 442 g/mol. The average Bonchev–Trinajstić information content (AvgIpc) is 3.16. The number of sulfonamides is 1. The van der Waals surface area contributed by atoms with E-state index in [1.165, 1.54) is 0 Å². The zero-order chi connectivity index (χ0) is 22.2. The van der Waals surface area contributed by atoms with Crippen LogP contribution in [-0.4, -0.2) is 42.4 Å². The maximum atomic E-state index is 13.2. The van der Waals surface area contributed by atoms with Crippen LogP contribution in [0.4, 0.5) is 4.39 Å². The number of nitrogens with one attached hydrogen (secondary N) is 1. The Hall–Kier alpha value is -2.81. The summed E-state index contributed by atoms with van der Waals surface area (Å²) in [5.41, 5.74) is 0.888. The van der Waals surface area contributed by atoms with Gasteiger partial charge in [0.25, 0.3) is 0 Å². The van der Waals surface area contributed by atoms with Crippen molar-refractivity contribution in [3.63, 3.8) is 0 Å². The van der Waals surface area contributed by atoms with E-state index in [1.54, 1.807) is 0 Å². The van der Waals surface area contributed by atoms with E-state index in [1.807, 2.05) is 49.4 Å². The quantitative estimate of drug-likeness (QED) is 0.636. The molecule has 0 saturated carbocycles. The number of hydrogen-bond acceptors (Lipinski definition) is 4. The van der Waals surface area contributed by atoms with Crippen LogP contribution in [0.2, 0.25) is 0 Å². The molecule has 1 aliphatic heterocycles. The van der Waals surface area contributed by atoms with E-state index in [9.17, 15) is 22.7 Å². The molecule has 0 aliphatic carbocycles. The number of β-amino-alcohol motifs (C(OH)–C–C–N with tert-alkyl or cyclic N) is 1. The molecule has 1 unspecified atom stereocenters. The number of rotatable bonds is 5. The first-order valence-corrected chi connectivity index (χ1v) is 11.4. The molecule has 1 amide bonds. The van der Waals surface area contributed by atoms with E-state index in [0.717, 1.165) is 44.9 Å². The number of fused-ring (bicyclic) bond motifs is 1. The molecule has 1 aliphatic rings. The lowest BCUT2D eigenvalue weighted by atomic mass is 10.0. The van der Waals surface area contributed by atoms with Gasteiger partial charge in [-0.2, -0.15) is 4.31 Å². The molecule has 2 N–H and O–H groups in total. The third kappa shape index (κ3) is 4.32. The van der Waals surface area contributed by atoms with Crippen LogP contribution < -0.4 is 5.32 Å². The molecule has 162 valence electrons. The molecule has 1 saturated heterocycles. The lowest BCUT2D eigenvalue weighted by molar-refractivity contribution is -0.124. The highest BCUT2D eigenvalue weighted by Crippen LogP contribution is 2.28. The minimum Gasteiger partial charge on any atom is -0.392 e. The van der Waals surface area contributed by atoms with E-state index in [4.69, 9.17) is 0 Å². The van der Waals surface area contributed by atoms with Crippen LogP contribution in [0.15, 0.2) is 71.6 Å². The average molecular weight is 443 g/mol. The Labute approximate surface area is 180 Å². The van der Waals surface area contributed by atoms with Crippen LogP contribution >= 0.6 is 0 Å². The van der Waals surface area contributed by atoms with Crippen molar-refractivity contribution in [1.29, 1.82) is 0 Å². The standard InChI is InChI=1S/C23H23FN2O4S/c1-15(17-7-6-16-4-2-3-5-18(16)12-17)25-23(28)22-13-20(27)14-26(22)31(29,30)21-10-8-19(24)9-11-21/h2-12,15,20,22,27H,13-14H2,1H3,(H,25,28)/t15?,20-,22+/m1/s1. The SMILES string of the molecule is CC(NC(=O)[C@@H]1C[C@@H](O)CN1S(=O)(=O)c1ccc(F)cc1)c1ccc2ccccc2c1. The Morgan fingerprint density at radius 2 is 1.77 bits per heavy atom. The van der Waals surface area contributed by atoms with E-state index in [-0.39, 0.29) is 23.9 Å². The molecule has 31 heavy (non-hydrogen) atoms. The van der Waals surface area contributed by atoms with Crippen LogP contribution in [0.5, 0.6) is 0 Å². The number of halogens is 1. The summed E-state index contributed by atoms with van der Waals surface area (Å²) in [5.74, 6) is -1.04. The first kappa shape index (κ1) is 21.4. The molecule has 6 nitrogen and oxygen atoms in total. The Kier molecular flexibility index (Phi) is 5.79. The lowest BCUT2D eigenvalue weighted by Crippen LogP contribution is -2.46. The molecule has 8 heteroatoms. The van der Waals surface area contributed by atoms with Gasteiger partial charge in [-0.3, -0.25) is 4.79 Å². The first-order chi connectivity index (χ1) is 14.8. The number of nitrogens with zero attached hydrogens (tertiary/aromatic N) is 1. The molecule has 3 atom stereocenters. The maximum Gasteiger partial charge on any atom is 0.243 e. The second-order valence-electron chi connectivity index (χ2n) is 7.77. The van der Waals surface area contributed by atoms with Gasteiger partial charge in [-0.05, 0) is 53.6 Å². The highest BCUT2D eigenvalue weighted by atomic mass is 32.2. The molecule has 3 aromatic carbocycles. The number of aliphatic hydroxyl groups excluding tert-OH is 1. The van der Waals surface area contributed by atoms with Gasteiger partial charge in [0, 0.05) is 13.0 Å². The maximum absolute atomic E-state index is 13.2. The molecular formula is C23H23FN2O4S. The van der Waals surface area contributed by atoms with Gasteiger partial charge < -0.3 is 10.4 Å². The van der Waals surface area contributed by atoms with Crippen LogP contribution in [-0.2, 0) is 14.8 Å². The second-order valence-corrected chi connectivity index (χ2v) is 9.66. The fourth-order valence-electron chi connectivity index (χ4n) is 3.90. The van der Waals surface area contributed by atoms with Gasteiger partial charge in [0.05, 0.1) is 17.0 Å². The largest absolute Gasteiger partial charge is 0.392 e. The van der Waals surface area contributed by atoms with Crippen molar-refractivity contribution in [2.45, 2.75) is 36.4 Å². The molecule has 0 spiro atoms. The van der Waals surface area contributed by atoms with Crippen molar-refractivity contribution in [3.05, 3.63) is 78.1 Å². The van der Waals surface area contributed by atoms with Crippen LogP contribution in [0, 0.1) is 5.82 Å². The summed E-state index contributed by atoms with van der Waals surface area (Å²) in [6.07, 6.45) is -0.960. The molecule has 3 aromatic rings. The normalized spacial score (nSPS) is 20.6. The Morgan fingerprint density at radius 1 is 1.10 bits per heavy atom. The van der Waals surface area contributed by atoms with Gasteiger partial charge in [-0.25, -0.2) is 12.8 Å². The topological polar surface area (TPSA) is 86.7 Å². The summed E-state index contributed by atoms with van der Waals surface area (Å²) in [5, 5.41) is 15.1. The molecule has 0 bridgehead atoms. The van der Waals surface area contributed by atoms with Crippen molar-refractivity contribution in [3.8, 4) is 0 Å². The molecule has 0 radical (unpaired) electrons. The van der Waals surface area contributed by atoms with E-state index >= 15 is 0 Å². The molecule has 1 fully saturated rings. The van der Waals surface area contributed by atoms with Gasteiger partial charge >= 0.3 is 0 Å². The van der Waals surface area contributed by atoms with E-state index in [0.29, 0.717) is 0 Å². The predicted octanol–water partition coefficient (Wildman–Crippen LogP) is 2.98. The van der Waals surface area contributed by atoms with Crippen molar-refractivity contribution >= 4 is 26.7 Å². The lowest BCUT2D eigenvalue weighted by Gasteiger charge is -2.25. The van der Waals surface area contributed by atoms with E-state index in [2.05, 4.69) is 5.32 Å². The van der Waals surface area contributed by atoms with Gasteiger partial charge in [0.15, 0.2) is 0 Å². The number of aliphatic hydroxyl groups is 1. The number of benzene rings is 3. The molecular weight excluding hydrogens is 419 g/mol. The molecule has 1 heterocycles. The van der Waals surface area contributed by atoms with Crippen molar-refractivity contribution < 1.29 is 22.7 Å². The molecule has 4 rings (SSSR count).